The summed E-state index contributed by atoms with van der Waals surface area (Å²) in [5, 5.41) is 8.62. The van der Waals surface area contributed by atoms with Gasteiger partial charge in [-0.05, 0) is 12.8 Å². The van der Waals surface area contributed by atoms with E-state index in [1.165, 1.54) is 7.11 Å². The van der Waals surface area contributed by atoms with Gasteiger partial charge in [-0.15, -0.1) is 0 Å². The predicted molar refractivity (Wildman–Crippen MR) is 51.8 cm³/mol. The molecule has 0 saturated heterocycles. The molecule has 0 fully saturated rings. The van der Waals surface area contributed by atoms with Crippen LogP contribution in [-0.4, -0.2) is 24.2 Å². The van der Waals surface area contributed by atoms with Gasteiger partial charge in [0.1, 0.15) is 0 Å². The minimum atomic E-state index is -0.860. The summed E-state index contributed by atoms with van der Waals surface area (Å²) in [6, 6.07) is 0. The Bertz CT molecular complexity index is 243. The van der Waals surface area contributed by atoms with E-state index in [1.54, 1.807) is 13.0 Å². The maximum atomic E-state index is 11.1. The van der Waals surface area contributed by atoms with Crippen molar-refractivity contribution in [2.24, 2.45) is 5.92 Å². The standard InChI is InChI=1S/C10H16O4/c1-4-8(10(13)14-3)6-5-7(2)9(11)12/h6-7H,4-5H2,1-3H3,(H,11,12). The molecule has 1 unspecified atom stereocenters. The van der Waals surface area contributed by atoms with Crippen LogP contribution in [0.1, 0.15) is 26.7 Å². The molecule has 0 heterocycles. The fraction of sp³-hybridized carbons (Fsp3) is 0.600. The summed E-state index contributed by atoms with van der Waals surface area (Å²) in [5.74, 6) is -1.71. The van der Waals surface area contributed by atoms with Crippen LogP contribution < -0.4 is 0 Å². The number of allylic oxidation sites excluding steroid dienone is 1. The summed E-state index contributed by atoms with van der Waals surface area (Å²) < 4.78 is 4.54. The number of aliphatic carboxylic acids is 1. The van der Waals surface area contributed by atoms with Crippen molar-refractivity contribution in [1.82, 2.24) is 0 Å². The molecule has 80 valence electrons. The predicted octanol–water partition coefficient (Wildman–Crippen LogP) is 1.61. The number of carboxylic acid groups (broad SMARTS) is 1. The van der Waals surface area contributed by atoms with Gasteiger partial charge in [0.2, 0.25) is 0 Å². The molecule has 0 aromatic carbocycles. The minimum Gasteiger partial charge on any atom is -0.481 e. The molecule has 1 atom stereocenters. The number of rotatable bonds is 5. The molecule has 0 aromatic heterocycles. The molecule has 0 spiro atoms. The molecule has 4 heteroatoms. The fourth-order valence-corrected chi connectivity index (χ4v) is 0.923. The van der Waals surface area contributed by atoms with Crippen LogP contribution in [-0.2, 0) is 14.3 Å². The normalized spacial score (nSPS) is 13.5. The molecule has 14 heavy (non-hydrogen) atoms. The monoisotopic (exact) mass is 200 g/mol. The summed E-state index contributed by atoms with van der Waals surface area (Å²) >= 11 is 0. The highest BCUT2D eigenvalue weighted by atomic mass is 16.5. The Kier molecular flexibility index (Phi) is 5.60. The third kappa shape index (κ3) is 4.07. The van der Waals surface area contributed by atoms with Gasteiger partial charge in [-0.25, -0.2) is 4.79 Å². The molecule has 0 radical (unpaired) electrons. The van der Waals surface area contributed by atoms with Crippen LogP contribution in [0, 0.1) is 5.92 Å². The summed E-state index contributed by atoms with van der Waals surface area (Å²) in [6.07, 6.45) is 2.54. The van der Waals surface area contributed by atoms with E-state index in [1.807, 2.05) is 6.92 Å². The highest BCUT2D eigenvalue weighted by molar-refractivity contribution is 5.88. The summed E-state index contributed by atoms with van der Waals surface area (Å²) in [5.41, 5.74) is 0.528. The SMILES string of the molecule is CCC(=CCC(C)C(=O)O)C(=O)OC. The third-order valence-corrected chi connectivity index (χ3v) is 1.97. The second-order valence-electron chi connectivity index (χ2n) is 3.05. The average Bonchev–Trinajstić information content (AvgIpc) is 2.17. The Morgan fingerprint density at radius 3 is 2.43 bits per heavy atom. The molecule has 0 amide bonds. The first-order chi connectivity index (χ1) is 6.52. The molecule has 0 rings (SSSR count). The number of ether oxygens (including phenoxy) is 1. The Morgan fingerprint density at radius 2 is 2.07 bits per heavy atom. The molecule has 0 bridgehead atoms. The lowest BCUT2D eigenvalue weighted by Gasteiger charge is -2.04. The first kappa shape index (κ1) is 12.7. The molecule has 0 aliphatic heterocycles. The van der Waals surface area contributed by atoms with Crippen LogP contribution in [0.25, 0.3) is 0 Å². The topological polar surface area (TPSA) is 63.6 Å². The van der Waals surface area contributed by atoms with E-state index < -0.39 is 11.9 Å². The molecule has 1 N–H and O–H groups in total. The van der Waals surface area contributed by atoms with Crippen molar-refractivity contribution in [1.29, 1.82) is 0 Å². The smallest absolute Gasteiger partial charge is 0.333 e. The highest BCUT2D eigenvalue weighted by Gasteiger charge is 2.11. The van der Waals surface area contributed by atoms with Gasteiger partial charge >= 0.3 is 11.9 Å². The number of carbonyl (C=O) groups excluding carboxylic acids is 1. The van der Waals surface area contributed by atoms with Gasteiger partial charge in [0.05, 0.1) is 13.0 Å². The zero-order chi connectivity index (χ0) is 11.1. The van der Waals surface area contributed by atoms with Crippen LogP contribution in [0.15, 0.2) is 11.6 Å². The first-order valence-corrected chi connectivity index (χ1v) is 4.53. The number of esters is 1. The van der Waals surface area contributed by atoms with Crippen LogP contribution in [0.2, 0.25) is 0 Å². The highest BCUT2D eigenvalue weighted by Crippen LogP contribution is 2.09. The Labute approximate surface area is 83.6 Å². The maximum Gasteiger partial charge on any atom is 0.333 e. The van der Waals surface area contributed by atoms with Crippen LogP contribution in [0.3, 0.4) is 0 Å². The van der Waals surface area contributed by atoms with E-state index in [0.717, 1.165) is 0 Å². The largest absolute Gasteiger partial charge is 0.481 e. The van der Waals surface area contributed by atoms with Gasteiger partial charge in [0, 0.05) is 5.57 Å². The maximum absolute atomic E-state index is 11.1. The van der Waals surface area contributed by atoms with Crippen LogP contribution >= 0.6 is 0 Å². The summed E-state index contributed by atoms with van der Waals surface area (Å²) in [7, 11) is 1.31. The number of methoxy groups -OCH3 is 1. The van der Waals surface area contributed by atoms with Gasteiger partial charge in [0.25, 0.3) is 0 Å². The molecular weight excluding hydrogens is 184 g/mol. The zero-order valence-corrected chi connectivity index (χ0v) is 8.74. The quantitative estimate of drug-likeness (QED) is 0.541. The molecule has 4 nitrogen and oxygen atoms in total. The summed E-state index contributed by atoms with van der Waals surface area (Å²) in [4.78, 5) is 21.6. The van der Waals surface area contributed by atoms with Gasteiger partial charge in [-0.2, -0.15) is 0 Å². The van der Waals surface area contributed by atoms with Crippen molar-refractivity contribution in [3.63, 3.8) is 0 Å². The Balaban J connectivity index is 4.32. The second kappa shape index (κ2) is 6.18. The summed E-state index contributed by atoms with van der Waals surface area (Å²) in [6.45, 7) is 3.43. The number of hydrogen-bond donors (Lipinski definition) is 1. The van der Waals surface area contributed by atoms with E-state index in [4.69, 9.17) is 5.11 Å². The van der Waals surface area contributed by atoms with E-state index in [-0.39, 0.29) is 5.97 Å². The minimum absolute atomic E-state index is 0.355. The van der Waals surface area contributed by atoms with Crippen molar-refractivity contribution in [2.75, 3.05) is 7.11 Å². The van der Waals surface area contributed by atoms with E-state index in [9.17, 15) is 9.59 Å². The molecule has 0 aliphatic rings. The van der Waals surface area contributed by atoms with Crippen molar-refractivity contribution in [2.45, 2.75) is 26.7 Å². The zero-order valence-electron chi connectivity index (χ0n) is 8.74. The Morgan fingerprint density at radius 1 is 1.50 bits per heavy atom. The molecule has 0 aliphatic carbocycles. The van der Waals surface area contributed by atoms with Gasteiger partial charge in [0.15, 0.2) is 0 Å². The molecule has 0 aromatic rings. The van der Waals surface area contributed by atoms with Gasteiger partial charge in [-0.1, -0.05) is 19.9 Å². The molecular formula is C10H16O4. The van der Waals surface area contributed by atoms with E-state index >= 15 is 0 Å². The lowest BCUT2D eigenvalue weighted by molar-refractivity contribution is -0.141. The average molecular weight is 200 g/mol. The van der Waals surface area contributed by atoms with Gasteiger partial charge in [-0.3, -0.25) is 4.79 Å². The van der Waals surface area contributed by atoms with Crippen molar-refractivity contribution in [3.8, 4) is 0 Å². The number of carbonyl (C=O) groups is 2. The van der Waals surface area contributed by atoms with Crippen molar-refractivity contribution >= 4 is 11.9 Å². The number of carboxylic acids is 1. The van der Waals surface area contributed by atoms with Crippen LogP contribution in [0.4, 0.5) is 0 Å². The van der Waals surface area contributed by atoms with Crippen molar-refractivity contribution < 1.29 is 19.4 Å². The lowest BCUT2D eigenvalue weighted by Crippen LogP contribution is -2.10. The number of hydrogen-bond acceptors (Lipinski definition) is 3. The van der Waals surface area contributed by atoms with E-state index in [0.29, 0.717) is 18.4 Å². The fourth-order valence-electron chi connectivity index (χ4n) is 0.923. The third-order valence-electron chi connectivity index (χ3n) is 1.97. The Hall–Kier alpha value is -1.32. The molecule has 0 saturated carbocycles. The van der Waals surface area contributed by atoms with Gasteiger partial charge < -0.3 is 9.84 Å². The lowest BCUT2D eigenvalue weighted by atomic mass is 10.0. The van der Waals surface area contributed by atoms with Crippen molar-refractivity contribution in [3.05, 3.63) is 11.6 Å². The first-order valence-electron chi connectivity index (χ1n) is 4.53. The second-order valence-corrected chi connectivity index (χ2v) is 3.05. The van der Waals surface area contributed by atoms with E-state index in [2.05, 4.69) is 4.74 Å². The van der Waals surface area contributed by atoms with Crippen LogP contribution in [0.5, 0.6) is 0 Å².